The lowest BCUT2D eigenvalue weighted by Crippen LogP contribution is -2.18. The Bertz CT molecular complexity index is 762. The first-order valence-electron chi connectivity index (χ1n) is 8.93. The Morgan fingerprint density at radius 3 is 2.29 bits per heavy atom. The number of carbonyl (C=O) groups excluding carboxylic acids is 2. The maximum Gasteiger partial charge on any atom is 0.337 e. The third-order valence-electron chi connectivity index (χ3n) is 4.20. The highest BCUT2D eigenvalue weighted by Crippen LogP contribution is 2.40. The molecule has 1 aromatic rings. The van der Waals surface area contributed by atoms with Crippen molar-refractivity contribution in [1.82, 2.24) is 0 Å². The van der Waals surface area contributed by atoms with Crippen molar-refractivity contribution in [2.75, 3.05) is 20.8 Å². The summed E-state index contributed by atoms with van der Waals surface area (Å²) in [6, 6.07) is 3.11. The highest BCUT2D eigenvalue weighted by Gasteiger charge is 2.22. The van der Waals surface area contributed by atoms with Gasteiger partial charge in [-0.25, -0.2) is 9.59 Å². The van der Waals surface area contributed by atoms with Crippen LogP contribution in [0.4, 0.5) is 0 Å². The summed E-state index contributed by atoms with van der Waals surface area (Å²) in [7, 11) is 2.87. The molecule has 1 unspecified atom stereocenters. The molecular formula is C21H28O7. The fraction of sp³-hybridized carbons (Fsp3) is 0.429. The van der Waals surface area contributed by atoms with E-state index in [1.165, 1.54) is 20.3 Å². The lowest BCUT2D eigenvalue weighted by Gasteiger charge is -2.20. The molecule has 1 rings (SSSR count). The molecule has 0 fully saturated rings. The van der Waals surface area contributed by atoms with Crippen LogP contribution in [0.5, 0.6) is 17.2 Å². The molecule has 0 radical (unpaired) electrons. The van der Waals surface area contributed by atoms with E-state index in [4.69, 9.17) is 18.9 Å². The van der Waals surface area contributed by atoms with Crippen molar-refractivity contribution in [3.8, 4) is 17.2 Å². The van der Waals surface area contributed by atoms with E-state index in [1.54, 1.807) is 39.0 Å². The summed E-state index contributed by atoms with van der Waals surface area (Å²) < 4.78 is 21.0. The van der Waals surface area contributed by atoms with Gasteiger partial charge in [-0.1, -0.05) is 19.1 Å². The fourth-order valence-electron chi connectivity index (χ4n) is 2.38. The van der Waals surface area contributed by atoms with Gasteiger partial charge in [-0.05, 0) is 39.3 Å². The molecule has 0 saturated heterocycles. The van der Waals surface area contributed by atoms with Gasteiger partial charge in [0.25, 0.3) is 0 Å². The van der Waals surface area contributed by atoms with Crippen LogP contribution < -0.4 is 9.47 Å². The highest BCUT2D eigenvalue weighted by atomic mass is 16.6. The first-order chi connectivity index (χ1) is 13.3. The van der Waals surface area contributed by atoms with Crippen LogP contribution in [-0.4, -0.2) is 37.9 Å². The summed E-state index contributed by atoms with van der Waals surface area (Å²) >= 11 is 0. The topological polar surface area (TPSA) is 91.3 Å². The van der Waals surface area contributed by atoms with Gasteiger partial charge in [0.15, 0.2) is 11.5 Å². The van der Waals surface area contributed by atoms with Crippen LogP contribution in [0.15, 0.2) is 35.4 Å². The quantitative estimate of drug-likeness (QED) is 0.504. The third kappa shape index (κ3) is 5.77. The van der Waals surface area contributed by atoms with Crippen LogP contribution in [0.3, 0.4) is 0 Å². The van der Waals surface area contributed by atoms with Gasteiger partial charge in [0.05, 0.1) is 19.8 Å². The monoisotopic (exact) mass is 392 g/mol. The highest BCUT2D eigenvalue weighted by molar-refractivity contribution is 5.91. The van der Waals surface area contributed by atoms with E-state index < -0.39 is 18.0 Å². The molecule has 0 bridgehead atoms. The molecular weight excluding hydrogens is 364 g/mol. The molecule has 0 aliphatic carbocycles. The smallest absolute Gasteiger partial charge is 0.337 e. The van der Waals surface area contributed by atoms with Crippen molar-refractivity contribution < 1.29 is 33.6 Å². The molecule has 154 valence electrons. The van der Waals surface area contributed by atoms with Crippen LogP contribution >= 0.6 is 0 Å². The van der Waals surface area contributed by atoms with Crippen LogP contribution in [0.1, 0.15) is 45.8 Å². The number of phenolic OH excluding ortho intramolecular Hbond substituents is 1. The number of methoxy groups -OCH3 is 2. The van der Waals surface area contributed by atoms with E-state index in [1.807, 2.05) is 6.92 Å². The Labute approximate surface area is 165 Å². The zero-order valence-electron chi connectivity index (χ0n) is 17.2. The number of carbonyl (C=O) groups is 2. The Balaban J connectivity index is 2.95. The molecule has 7 nitrogen and oxygen atoms in total. The average molecular weight is 392 g/mol. The summed E-state index contributed by atoms with van der Waals surface area (Å²) in [5, 5.41) is 10.1. The molecule has 0 amide bonds. The minimum atomic E-state index is -0.624. The molecule has 7 heteroatoms. The van der Waals surface area contributed by atoms with Gasteiger partial charge in [0.2, 0.25) is 5.75 Å². The number of hydrogen-bond donors (Lipinski definition) is 1. The molecule has 0 aliphatic rings. The van der Waals surface area contributed by atoms with Gasteiger partial charge in [-0.15, -0.1) is 0 Å². The van der Waals surface area contributed by atoms with E-state index in [2.05, 4.69) is 0 Å². The fourth-order valence-corrected chi connectivity index (χ4v) is 2.38. The Morgan fingerprint density at radius 1 is 1.11 bits per heavy atom. The number of rotatable bonds is 9. The Morgan fingerprint density at radius 2 is 1.79 bits per heavy atom. The second-order valence-corrected chi connectivity index (χ2v) is 5.94. The van der Waals surface area contributed by atoms with E-state index in [-0.39, 0.29) is 23.7 Å². The standard InChI is InChI=1S/C21H28O7/c1-7-13(4)20(23)27-12-14(8-2)21(24)28-17(9-3)15-10-16(22)19(26-6)18(11-15)25-5/h7-8,10-11,17,22H,9,12H2,1-6H3. The second kappa shape index (κ2) is 11.0. The molecule has 1 N–H and O–H groups in total. The molecule has 0 aliphatic heterocycles. The minimum absolute atomic E-state index is 0.117. The molecule has 1 atom stereocenters. The molecule has 0 spiro atoms. The third-order valence-corrected chi connectivity index (χ3v) is 4.20. The summed E-state index contributed by atoms with van der Waals surface area (Å²) in [6.45, 7) is 6.68. The number of phenols is 1. The number of aromatic hydroxyl groups is 1. The summed E-state index contributed by atoms with van der Waals surface area (Å²) in [4.78, 5) is 24.3. The van der Waals surface area contributed by atoms with Crippen LogP contribution in [-0.2, 0) is 19.1 Å². The van der Waals surface area contributed by atoms with Crippen LogP contribution in [0, 0.1) is 0 Å². The van der Waals surface area contributed by atoms with E-state index in [0.717, 1.165) is 0 Å². The molecule has 0 heterocycles. The predicted molar refractivity (Wildman–Crippen MR) is 104 cm³/mol. The van der Waals surface area contributed by atoms with E-state index in [9.17, 15) is 14.7 Å². The van der Waals surface area contributed by atoms with Crippen molar-refractivity contribution in [2.45, 2.75) is 40.2 Å². The normalized spacial score (nSPS) is 12.9. The van der Waals surface area contributed by atoms with Gasteiger partial charge in [-0.3, -0.25) is 0 Å². The number of hydrogen-bond acceptors (Lipinski definition) is 7. The van der Waals surface area contributed by atoms with Gasteiger partial charge < -0.3 is 24.1 Å². The van der Waals surface area contributed by atoms with Crippen molar-refractivity contribution in [3.05, 3.63) is 41.0 Å². The van der Waals surface area contributed by atoms with Gasteiger partial charge >= 0.3 is 11.9 Å². The molecule has 0 saturated carbocycles. The van der Waals surface area contributed by atoms with Crippen molar-refractivity contribution >= 4 is 11.9 Å². The first kappa shape index (κ1) is 23.1. The van der Waals surface area contributed by atoms with Gasteiger partial charge in [0, 0.05) is 11.1 Å². The van der Waals surface area contributed by atoms with Crippen LogP contribution in [0.25, 0.3) is 0 Å². The lowest BCUT2D eigenvalue weighted by molar-refractivity contribution is -0.146. The maximum absolute atomic E-state index is 12.5. The minimum Gasteiger partial charge on any atom is -0.504 e. The zero-order chi connectivity index (χ0) is 21.3. The van der Waals surface area contributed by atoms with Crippen LogP contribution in [0.2, 0.25) is 0 Å². The van der Waals surface area contributed by atoms with Crippen molar-refractivity contribution in [1.29, 1.82) is 0 Å². The SMILES string of the molecule is CC=C(C)C(=O)OCC(=CC)C(=O)OC(CC)c1cc(O)c(OC)c(OC)c1. The predicted octanol–water partition coefficient (Wildman–Crippen LogP) is 3.86. The van der Waals surface area contributed by atoms with E-state index in [0.29, 0.717) is 23.3 Å². The van der Waals surface area contributed by atoms with Crippen molar-refractivity contribution in [2.24, 2.45) is 0 Å². The molecule has 28 heavy (non-hydrogen) atoms. The van der Waals surface area contributed by atoms with Gasteiger partial charge in [0.1, 0.15) is 12.7 Å². The maximum atomic E-state index is 12.5. The molecule has 1 aromatic carbocycles. The average Bonchev–Trinajstić information content (AvgIpc) is 2.70. The van der Waals surface area contributed by atoms with Crippen molar-refractivity contribution in [3.63, 3.8) is 0 Å². The Hall–Kier alpha value is -2.96. The number of esters is 2. The summed E-state index contributed by atoms with van der Waals surface area (Å²) in [6.07, 6.45) is 3.02. The summed E-state index contributed by atoms with van der Waals surface area (Å²) in [5.74, 6) is -0.684. The number of ether oxygens (including phenoxy) is 4. The Kier molecular flexibility index (Phi) is 9.08. The second-order valence-electron chi connectivity index (χ2n) is 5.94. The summed E-state index contributed by atoms with van der Waals surface area (Å²) in [5.41, 5.74) is 1.24. The van der Waals surface area contributed by atoms with E-state index >= 15 is 0 Å². The molecule has 0 aromatic heterocycles. The number of benzene rings is 1. The first-order valence-corrected chi connectivity index (χ1v) is 8.93. The number of allylic oxidation sites excluding steroid dienone is 2. The zero-order valence-corrected chi connectivity index (χ0v) is 17.2. The largest absolute Gasteiger partial charge is 0.504 e. The lowest BCUT2D eigenvalue weighted by atomic mass is 10.1. The van der Waals surface area contributed by atoms with Gasteiger partial charge in [-0.2, -0.15) is 0 Å².